The molecule has 0 radical (unpaired) electrons. The van der Waals surface area contributed by atoms with Gasteiger partial charge in [0.2, 0.25) is 0 Å². The lowest BCUT2D eigenvalue weighted by Crippen LogP contribution is -2.57. The molecule has 0 amide bonds. The van der Waals surface area contributed by atoms with Crippen LogP contribution in [0.1, 0.15) is 6.92 Å². The molecule has 5 atom stereocenters. The van der Waals surface area contributed by atoms with E-state index in [1.807, 2.05) is 0 Å². The lowest BCUT2D eigenvalue weighted by Gasteiger charge is -2.41. The molecule has 0 aromatic rings. The Labute approximate surface area is 105 Å². The van der Waals surface area contributed by atoms with Gasteiger partial charge in [-0.05, 0) is 6.92 Å². The quantitative estimate of drug-likeness (QED) is 0.447. The molecule has 1 fully saturated rings. The molecule has 2 rings (SSSR count). The lowest BCUT2D eigenvalue weighted by atomic mass is 9.63. The van der Waals surface area contributed by atoms with Gasteiger partial charge in [0.05, 0.1) is 6.10 Å². The maximum atomic E-state index is 12.0. The number of ether oxygens (including phenoxy) is 1. The first-order valence-electron chi connectivity index (χ1n) is 5.72. The fourth-order valence-electron chi connectivity index (χ4n) is 2.65. The number of allylic oxidation sites excluding steroid dienone is 3. The highest BCUT2D eigenvalue weighted by molar-refractivity contribution is 5.84. The van der Waals surface area contributed by atoms with Crippen molar-refractivity contribution in [2.75, 3.05) is 0 Å². The second-order valence-electron chi connectivity index (χ2n) is 4.56. The van der Waals surface area contributed by atoms with E-state index in [-0.39, 0.29) is 5.76 Å². The highest BCUT2D eigenvalue weighted by Gasteiger charge is 2.64. The number of carbonyl (C=O) groups excluding carboxylic acids is 1. The molecule has 0 bridgehead atoms. The van der Waals surface area contributed by atoms with E-state index < -0.39 is 35.6 Å². The molecule has 0 saturated carbocycles. The molecular weight excluding hydrogens is 236 g/mol. The van der Waals surface area contributed by atoms with Crippen LogP contribution in [0.4, 0.5) is 0 Å². The van der Waals surface area contributed by atoms with Crippen LogP contribution in [0.25, 0.3) is 0 Å². The Hall–Kier alpha value is -1.43. The first-order valence-corrected chi connectivity index (χ1v) is 5.72. The summed E-state index contributed by atoms with van der Waals surface area (Å²) in [6.45, 7) is 5.22. The van der Waals surface area contributed by atoms with Crippen molar-refractivity contribution in [3.8, 4) is 0 Å². The third-order valence-electron chi connectivity index (χ3n) is 3.61. The highest BCUT2D eigenvalue weighted by atomic mass is 16.6. The van der Waals surface area contributed by atoms with Gasteiger partial charge in [-0.1, -0.05) is 30.9 Å². The number of aliphatic hydroxyl groups is 3. The first-order chi connectivity index (χ1) is 8.46. The van der Waals surface area contributed by atoms with Crippen LogP contribution >= 0.6 is 0 Å². The molecule has 1 saturated heterocycles. The van der Waals surface area contributed by atoms with Crippen LogP contribution in [-0.2, 0) is 9.53 Å². The zero-order valence-corrected chi connectivity index (χ0v) is 9.98. The Morgan fingerprint density at radius 3 is 2.56 bits per heavy atom. The largest absolute Gasteiger partial charge is 0.428 e. The van der Waals surface area contributed by atoms with E-state index in [0.29, 0.717) is 0 Å². The number of carbonyl (C=O) groups is 1. The number of cyclic esters (lactones) is 1. The topological polar surface area (TPSA) is 87.0 Å². The van der Waals surface area contributed by atoms with Crippen molar-refractivity contribution in [2.24, 2.45) is 11.3 Å². The molecule has 5 nitrogen and oxygen atoms in total. The second-order valence-corrected chi connectivity index (χ2v) is 4.56. The van der Waals surface area contributed by atoms with Gasteiger partial charge in [0.1, 0.15) is 23.4 Å². The van der Waals surface area contributed by atoms with Crippen molar-refractivity contribution in [1.29, 1.82) is 0 Å². The monoisotopic (exact) mass is 252 g/mol. The van der Waals surface area contributed by atoms with E-state index in [1.165, 1.54) is 6.08 Å². The maximum Gasteiger partial charge on any atom is 0.324 e. The summed E-state index contributed by atoms with van der Waals surface area (Å²) in [7, 11) is 0. The summed E-state index contributed by atoms with van der Waals surface area (Å²) >= 11 is 0. The molecule has 3 N–H and O–H groups in total. The molecule has 1 aliphatic carbocycles. The summed E-state index contributed by atoms with van der Waals surface area (Å²) in [4.78, 5) is 12.0. The van der Waals surface area contributed by atoms with Gasteiger partial charge >= 0.3 is 5.97 Å². The van der Waals surface area contributed by atoms with Gasteiger partial charge in [-0.25, -0.2) is 0 Å². The highest BCUT2D eigenvalue weighted by Crippen LogP contribution is 2.49. The van der Waals surface area contributed by atoms with Gasteiger partial charge in [-0.3, -0.25) is 4.79 Å². The molecule has 18 heavy (non-hydrogen) atoms. The van der Waals surface area contributed by atoms with Gasteiger partial charge in [0, 0.05) is 5.92 Å². The smallest absolute Gasteiger partial charge is 0.324 e. The molecule has 1 aliphatic heterocycles. The fraction of sp³-hybridized carbons (Fsp3) is 0.462. The summed E-state index contributed by atoms with van der Waals surface area (Å²) in [5.74, 6) is -1.42. The number of hydrogen-bond donors (Lipinski definition) is 3. The average molecular weight is 252 g/mol. The van der Waals surface area contributed by atoms with Crippen LogP contribution in [0.3, 0.4) is 0 Å². The summed E-state index contributed by atoms with van der Waals surface area (Å²) in [6.07, 6.45) is 2.37. The molecular formula is C13H16O5. The van der Waals surface area contributed by atoms with E-state index in [4.69, 9.17) is 4.74 Å². The van der Waals surface area contributed by atoms with Gasteiger partial charge in [0.25, 0.3) is 0 Å². The van der Waals surface area contributed by atoms with Crippen molar-refractivity contribution in [3.63, 3.8) is 0 Å². The van der Waals surface area contributed by atoms with Gasteiger partial charge in [-0.15, -0.1) is 0 Å². The summed E-state index contributed by atoms with van der Waals surface area (Å²) in [6, 6.07) is 0. The minimum absolute atomic E-state index is 0.101. The van der Waals surface area contributed by atoms with E-state index in [9.17, 15) is 20.1 Å². The van der Waals surface area contributed by atoms with Crippen LogP contribution in [0, 0.1) is 11.3 Å². The summed E-state index contributed by atoms with van der Waals surface area (Å²) < 4.78 is 4.84. The van der Waals surface area contributed by atoms with Crippen molar-refractivity contribution < 1.29 is 24.9 Å². The minimum Gasteiger partial charge on any atom is -0.428 e. The average Bonchev–Trinajstić information content (AvgIpc) is 2.54. The number of aliphatic hydroxyl groups excluding tert-OH is 3. The summed E-state index contributed by atoms with van der Waals surface area (Å²) in [5, 5.41) is 30.0. The Morgan fingerprint density at radius 2 is 2.06 bits per heavy atom. The molecule has 2 aliphatic rings. The molecule has 98 valence electrons. The van der Waals surface area contributed by atoms with Gasteiger partial charge in [-0.2, -0.15) is 0 Å². The normalized spacial score (nSPS) is 44.0. The van der Waals surface area contributed by atoms with Gasteiger partial charge < -0.3 is 20.1 Å². The molecule has 1 spiro atoms. The van der Waals surface area contributed by atoms with E-state index in [1.54, 1.807) is 25.2 Å². The third kappa shape index (κ3) is 1.48. The Morgan fingerprint density at radius 1 is 1.39 bits per heavy atom. The van der Waals surface area contributed by atoms with Crippen molar-refractivity contribution in [1.82, 2.24) is 0 Å². The minimum atomic E-state index is -1.61. The van der Waals surface area contributed by atoms with E-state index in [0.717, 1.165) is 0 Å². The maximum absolute atomic E-state index is 12.0. The Bertz CT molecular complexity index is 439. The Balaban J connectivity index is 2.58. The standard InChI is InChI=1S/C13H16O5/c1-3-4-8-5-6-9(14)11(16)13(8)10(15)7(2)18-12(13)17/h3-6,8-11,14-16H,2H2,1H3. The number of rotatable bonds is 1. The third-order valence-corrected chi connectivity index (χ3v) is 3.61. The SMILES string of the molecule is C=C1OC(=O)C2(C(C=CC)C=CC(O)C2O)C1O. The van der Waals surface area contributed by atoms with Crippen LogP contribution in [0.15, 0.2) is 36.6 Å². The van der Waals surface area contributed by atoms with Crippen molar-refractivity contribution >= 4 is 5.97 Å². The lowest BCUT2D eigenvalue weighted by molar-refractivity contribution is -0.164. The molecule has 1 heterocycles. The van der Waals surface area contributed by atoms with Crippen molar-refractivity contribution in [3.05, 3.63) is 36.6 Å². The molecule has 5 heteroatoms. The molecule has 0 aromatic carbocycles. The van der Waals surface area contributed by atoms with Crippen LogP contribution < -0.4 is 0 Å². The molecule has 0 aromatic heterocycles. The van der Waals surface area contributed by atoms with E-state index >= 15 is 0 Å². The fourth-order valence-corrected chi connectivity index (χ4v) is 2.65. The van der Waals surface area contributed by atoms with Crippen LogP contribution in [0.5, 0.6) is 0 Å². The molecule has 5 unspecified atom stereocenters. The second kappa shape index (κ2) is 4.35. The van der Waals surface area contributed by atoms with Crippen LogP contribution in [0.2, 0.25) is 0 Å². The van der Waals surface area contributed by atoms with Crippen LogP contribution in [-0.4, -0.2) is 39.6 Å². The predicted molar refractivity (Wildman–Crippen MR) is 63.1 cm³/mol. The van der Waals surface area contributed by atoms with E-state index in [2.05, 4.69) is 6.58 Å². The Kier molecular flexibility index (Phi) is 3.14. The predicted octanol–water partition coefficient (Wildman–Crippen LogP) is -0.112. The first kappa shape index (κ1) is 13.0. The van der Waals surface area contributed by atoms with Crippen molar-refractivity contribution in [2.45, 2.75) is 25.2 Å². The zero-order chi connectivity index (χ0) is 13.5. The summed E-state index contributed by atoms with van der Waals surface area (Å²) in [5.41, 5.74) is -1.61. The number of hydrogen-bond acceptors (Lipinski definition) is 5. The zero-order valence-electron chi connectivity index (χ0n) is 9.98. The number of esters is 1. The van der Waals surface area contributed by atoms with Gasteiger partial charge in [0.15, 0.2) is 0 Å².